The second-order valence-corrected chi connectivity index (χ2v) is 5.74. The van der Waals surface area contributed by atoms with Crippen molar-refractivity contribution in [2.75, 3.05) is 19.8 Å². The number of fused-ring (bicyclic) bond motifs is 1. The first-order valence-corrected chi connectivity index (χ1v) is 7.82. The largest absolute Gasteiger partial charge is 0.376 e. The molecule has 1 saturated heterocycles. The summed E-state index contributed by atoms with van der Waals surface area (Å²) in [6, 6.07) is 6.01. The van der Waals surface area contributed by atoms with Crippen LogP contribution in [0.5, 0.6) is 0 Å². The molecule has 5 nitrogen and oxygen atoms in total. The van der Waals surface area contributed by atoms with Crippen LogP contribution in [0.25, 0.3) is 10.9 Å². The normalized spacial score (nSPS) is 18.5. The van der Waals surface area contributed by atoms with Gasteiger partial charge in [-0.25, -0.2) is 0 Å². The lowest BCUT2D eigenvalue weighted by molar-refractivity contribution is -0.147. The van der Waals surface area contributed by atoms with E-state index in [1.807, 2.05) is 12.1 Å². The van der Waals surface area contributed by atoms with Gasteiger partial charge in [0.15, 0.2) is 6.10 Å². The van der Waals surface area contributed by atoms with E-state index in [1.54, 1.807) is 0 Å². The number of benzene rings is 1. The summed E-state index contributed by atoms with van der Waals surface area (Å²) in [6.07, 6.45) is 0.373. The number of hydrogen-bond donors (Lipinski definition) is 2. The van der Waals surface area contributed by atoms with Gasteiger partial charge in [-0.2, -0.15) is 0 Å². The monoisotopic (exact) mass is 322 g/mol. The van der Waals surface area contributed by atoms with Gasteiger partial charge in [0, 0.05) is 21.6 Å². The Labute approximate surface area is 133 Å². The van der Waals surface area contributed by atoms with E-state index in [4.69, 9.17) is 21.1 Å². The van der Waals surface area contributed by atoms with Crippen molar-refractivity contribution in [2.45, 2.75) is 26.0 Å². The van der Waals surface area contributed by atoms with Crippen molar-refractivity contribution in [1.29, 1.82) is 0 Å². The molecule has 1 fully saturated rings. The summed E-state index contributed by atoms with van der Waals surface area (Å²) in [6.45, 7) is 3.82. The SMILES string of the molecule is CCc1cc2[nH]c(CNC(=O)C3COCCO3)cc2cc1Cl. The molecule has 1 amide bonds. The Kier molecular flexibility index (Phi) is 4.66. The third-order valence-corrected chi connectivity index (χ3v) is 4.14. The van der Waals surface area contributed by atoms with Crippen LogP contribution < -0.4 is 5.32 Å². The zero-order chi connectivity index (χ0) is 15.5. The molecule has 3 rings (SSSR count). The molecule has 0 bridgehead atoms. The highest BCUT2D eigenvalue weighted by Crippen LogP contribution is 2.25. The van der Waals surface area contributed by atoms with Crippen LogP contribution >= 0.6 is 11.6 Å². The number of H-pyrrole nitrogens is 1. The number of aromatic amines is 1. The van der Waals surface area contributed by atoms with E-state index in [0.29, 0.717) is 26.4 Å². The maximum absolute atomic E-state index is 12.0. The molecule has 2 aromatic rings. The van der Waals surface area contributed by atoms with E-state index in [1.165, 1.54) is 0 Å². The molecule has 6 heteroatoms. The van der Waals surface area contributed by atoms with Crippen LogP contribution in [0.2, 0.25) is 5.02 Å². The highest BCUT2D eigenvalue weighted by Gasteiger charge is 2.22. The number of carbonyl (C=O) groups is 1. The second-order valence-electron chi connectivity index (χ2n) is 5.33. The lowest BCUT2D eigenvalue weighted by Gasteiger charge is -2.21. The Morgan fingerprint density at radius 2 is 2.27 bits per heavy atom. The topological polar surface area (TPSA) is 63.4 Å². The Hall–Kier alpha value is -1.56. The number of carbonyl (C=O) groups excluding carboxylic acids is 1. The Morgan fingerprint density at radius 1 is 1.41 bits per heavy atom. The maximum atomic E-state index is 12.0. The van der Waals surface area contributed by atoms with E-state index in [9.17, 15) is 4.79 Å². The summed E-state index contributed by atoms with van der Waals surface area (Å²) in [4.78, 5) is 15.3. The quantitative estimate of drug-likeness (QED) is 0.908. The molecule has 0 aliphatic carbocycles. The minimum absolute atomic E-state index is 0.148. The summed E-state index contributed by atoms with van der Waals surface area (Å²) in [7, 11) is 0. The fourth-order valence-corrected chi connectivity index (χ4v) is 2.87. The Balaban J connectivity index is 1.67. The van der Waals surface area contributed by atoms with Crippen molar-refractivity contribution in [1.82, 2.24) is 10.3 Å². The first-order valence-electron chi connectivity index (χ1n) is 7.44. The van der Waals surface area contributed by atoms with E-state index in [2.05, 4.69) is 23.3 Å². The molecule has 0 spiro atoms. The number of hydrogen-bond acceptors (Lipinski definition) is 3. The smallest absolute Gasteiger partial charge is 0.251 e. The number of aromatic nitrogens is 1. The summed E-state index contributed by atoms with van der Waals surface area (Å²) in [5, 5.41) is 4.69. The predicted molar refractivity (Wildman–Crippen MR) is 85.1 cm³/mol. The molecular weight excluding hydrogens is 304 g/mol. The molecule has 1 atom stereocenters. The highest BCUT2D eigenvalue weighted by atomic mass is 35.5. The number of halogens is 1. The molecule has 2 N–H and O–H groups in total. The van der Waals surface area contributed by atoms with Gasteiger partial charge in [0.2, 0.25) is 0 Å². The predicted octanol–water partition coefficient (Wildman–Crippen LogP) is 2.42. The van der Waals surface area contributed by atoms with Gasteiger partial charge in [0.1, 0.15) is 0 Å². The maximum Gasteiger partial charge on any atom is 0.251 e. The zero-order valence-corrected chi connectivity index (χ0v) is 13.2. The van der Waals surface area contributed by atoms with Gasteiger partial charge in [-0.1, -0.05) is 18.5 Å². The lowest BCUT2D eigenvalue weighted by atomic mass is 10.1. The fraction of sp³-hybridized carbons (Fsp3) is 0.438. The van der Waals surface area contributed by atoms with Crippen molar-refractivity contribution < 1.29 is 14.3 Å². The van der Waals surface area contributed by atoms with Crippen LogP contribution in [0, 0.1) is 0 Å². The molecule has 118 valence electrons. The van der Waals surface area contributed by atoms with E-state index in [-0.39, 0.29) is 5.91 Å². The van der Waals surface area contributed by atoms with E-state index in [0.717, 1.165) is 33.6 Å². The standard InChI is InChI=1S/C16H19ClN2O3/c1-2-10-7-14-11(6-13(10)17)5-12(19-14)8-18-16(20)15-9-21-3-4-22-15/h5-7,15,19H,2-4,8-9H2,1H3,(H,18,20). The number of amides is 1. The minimum atomic E-state index is -0.515. The summed E-state index contributed by atoms with van der Waals surface area (Å²) < 4.78 is 10.6. The third-order valence-electron chi connectivity index (χ3n) is 3.79. The molecule has 1 aromatic carbocycles. The second kappa shape index (κ2) is 6.69. The van der Waals surface area contributed by atoms with Gasteiger partial charge < -0.3 is 19.8 Å². The molecule has 1 unspecified atom stereocenters. The molecule has 1 aliphatic heterocycles. The molecule has 2 heterocycles. The molecule has 1 aromatic heterocycles. The van der Waals surface area contributed by atoms with Crippen LogP contribution in [-0.2, 0) is 27.2 Å². The van der Waals surface area contributed by atoms with Gasteiger partial charge in [0.05, 0.1) is 26.4 Å². The average molecular weight is 323 g/mol. The molecular formula is C16H19ClN2O3. The highest BCUT2D eigenvalue weighted by molar-refractivity contribution is 6.32. The number of rotatable bonds is 4. The van der Waals surface area contributed by atoms with Crippen LogP contribution in [0.15, 0.2) is 18.2 Å². The zero-order valence-electron chi connectivity index (χ0n) is 12.4. The average Bonchev–Trinajstić information content (AvgIpc) is 2.94. The summed E-state index contributed by atoms with van der Waals surface area (Å²) in [5.41, 5.74) is 3.08. The van der Waals surface area contributed by atoms with Crippen molar-refractivity contribution >= 4 is 28.4 Å². The van der Waals surface area contributed by atoms with Crippen molar-refractivity contribution in [3.8, 4) is 0 Å². The van der Waals surface area contributed by atoms with Crippen molar-refractivity contribution in [3.05, 3.63) is 34.5 Å². The number of nitrogens with one attached hydrogen (secondary N) is 2. The van der Waals surface area contributed by atoms with Crippen LogP contribution in [-0.4, -0.2) is 36.8 Å². The van der Waals surface area contributed by atoms with Crippen LogP contribution in [0.4, 0.5) is 0 Å². The van der Waals surface area contributed by atoms with Gasteiger partial charge in [0.25, 0.3) is 5.91 Å². The first-order chi connectivity index (χ1) is 10.7. The molecule has 0 radical (unpaired) electrons. The van der Waals surface area contributed by atoms with Gasteiger partial charge in [-0.15, -0.1) is 0 Å². The van der Waals surface area contributed by atoms with Crippen molar-refractivity contribution in [3.63, 3.8) is 0 Å². The fourth-order valence-electron chi connectivity index (χ4n) is 2.56. The van der Waals surface area contributed by atoms with Gasteiger partial charge in [-0.05, 0) is 30.2 Å². The molecule has 0 saturated carbocycles. The molecule has 22 heavy (non-hydrogen) atoms. The van der Waals surface area contributed by atoms with E-state index >= 15 is 0 Å². The van der Waals surface area contributed by atoms with Gasteiger partial charge in [-0.3, -0.25) is 4.79 Å². The summed E-state index contributed by atoms with van der Waals surface area (Å²) >= 11 is 6.23. The first kappa shape index (κ1) is 15.3. The van der Waals surface area contributed by atoms with Crippen LogP contribution in [0.3, 0.4) is 0 Å². The van der Waals surface area contributed by atoms with Crippen LogP contribution in [0.1, 0.15) is 18.2 Å². The third kappa shape index (κ3) is 3.27. The summed E-state index contributed by atoms with van der Waals surface area (Å²) in [5.74, 6) is -0.148. The van der Waals surface area contributed by atoms with Crippen molar-refractivity contribution in [2.24, 2.45) is 0 Å². The number of ether oxygens (including phenoxy) is 2. The number of aryl methyl sites for hydroxylation is 1. The minimum Gasteiger partial charge on any atom is -0.376 e. The van der Waals surface area contributed by atoms with E-state index < -0.39 is 6.10 Å². The Morgan fingerprint density at radius 3 is 3.00 bits per heavy atom. The molecule has 1 aliphatic rings. The Bertz CT molecular complexity index is 677. The van der Waals surface area contributed by atoms with Gasteiger partial charge >= 0.3 is 0 Å². The lowest BCUT2D eigenvalue weighted by Crippen LogP contribution is -2.42.